The number of nitrogens with zero attached hydrogens (tertiary/aromatic N) is 1. The lowest BCUT2D eigenvalue weighted by Crippen LogP contribution is -2.45. The summed E-state index contributed by atoms with van der Waals surface area (Å²) in [6.45, 7) is 4.66. The largest absolute Gasteiger partial charge is 0.416 e. The number of hydrogen-bond acceptors (Lipinski definition) is 2. The van der Waals surface area contributed by atoms with Gasteiger partial charge in [0.1, 0.15) is 5.82 Å². The van der Waals surface area contributed by atoms with Crippen LogP contribution in [-0.4, -0.2) is 31.1 Å². The van der Waals surface area contributed by atoms with Crippen LogP contribution in [-0.2, 0) is 6.18 Å². The van der Waals surface area contributed by atoms with Crippen molar-refractivity contribution in [1.29, 1.82) is 0 Å². The molecule has 1 heterocycles. The number of halogens is 6. The third kappa shape index (κ3) is 4.98. The van der Waals surface area contributed by atoms with Gasteiger partial charge in [0.15, 0.2) is 0 Å². The van der Waals surface area contributed by atoms with E-state index in [1.807, 2.05) is 11.8 Å². The highest BCUT2D eigenvalue weighted by Gasteiger charge is 2.36. The Balaban J connectivity index is 0.00000220. The Morgan fingerprint density at radius 3 is 2.27 bits per heavy atom. The van der Waals surface area contributed by atoms with Gasteiger partial charge >= 0.3 is 6.18 Å². The molecule has 128 valence electrons. The average molecular weight is 363 g/mol. The lowest BCUT2D eigenvalue weighted by atomic mass is 9.96. The Morgan fingerprint density at radius 2 is 1.77 bits per heavy atom. The van der Waals surface area contributed by atoms with Gasteiger partial charge in [0, 0.05) is 32.2 Å². The Bertz CT molecular complexity index is 463. The van der Waals surface area contributed by atoms with Crippen molar-refractivity contribution in [3.8, 4) is 0 Å². The molecule has 1 atom stereocenters. The Labute approximate surface area is 140 Å². The van der Waals surface area contributed by atoms with Gasteiger partial charge in [-0.2, -0.15) is 13.2 Å². The van der Waals surface area contributed by atoms with E-state index in [1.165, 1.54) is 0 Å². The molecule has 8 heteroatoms. The molecule has 2 nitrogen and oxygen atoms in total. The van der Waals surface area contributed by atoms with Crippen LogP contribution in [0.4, 0.5) is 17.6 Å². The predicted molar refractivity (Wildman–Crippen MR) is 83.4 cm³/mol. The molecule has 22 heavy (non-hydrogen) atoms. The molecule has 1 aromatic rings. The molecule has 1 saturated heterocycles. The van der Waals surface area contributed by atoms with E-state index in [0.29, 0.717) is 19.5 Å². The molecular weight excluding hydrogens is 343 g/mol. The van der Waals surface area contributed by atoms with Crippen molar-refractivity contribution in [3.63, 3.8) is 0 Å². The first-order valence-electron chi connectivity index (χ1n) is 6.75. The first kappa shape index (κ1) is 21.4. The van der Waals surface area contributed by atoms with E-state index in [4.69, 9.17) is 0 Å². The highest BCUT2D eigenvalue weighted by Crippen LogP contribution is 2.37. The van der Waals surface area contributed by atoms with Gasteiger partial charge in [0.25, 0.3) is 0 Å². The molecule has 0 aromatic heterocycles. The third-order valence-electron chi connectivity index (χ3n) is 3.66. The number of alkyl halides is 3. The van der Waals surface area contributed by atoms with Crippen molar-refractivity contribution in [2.24, 2.45) is 0 Å². The number of nitrogens with one attached hydrogen (secondary N) is 1. The molecule has 0 amide bonds. The van der Waals surface area contributed by atoms with E-state index in [2.05, 4.69) is 5.32 Å². The molecular formula is C14H20Cl2F4N2. The van der Waals surface area contributed by atoms with E-state index < -0.39 is 23.6 Å². The van der Waals surface area contributed by atoms with E-state index >= 15 is 0 Å². The summed E-state index contributed by atoms with van der Waals surface area (Å²) in [5.41, 5.74) is -0.689. The van der Waals surface area contributed by atoms with Crippen LogP contribution in [0.1, 0.15) is 30.5 Å². The van der Waals surface area contributed by atoms with Crippen LogP contribution in [0.5, 0.6) is 0 Å². The minimum Gasteiger partial charge on any atom is -0.314 e. The van der Waals surface area contributed by atoms with E-state index in [0.717, 1.165) is 31.3 Å². The molecule has 0 unspecified atom stereocenters. The van der Waals surface area contributed by atoms with Gasteiger partial charge < -0.3 is 5.32 Å². The van der Waals surface area contributed by atoms with E-state index in [-0.39, 0.29) is 30.4 Å². The number of hydrogen-bond donors (Lipinski definition) is 1. The van der Waals surface area contributed by atoms with E-state index in [1.54, 1.807) is 0 Å². The first-order chi connectivity index (χ1) is 9.43. The maximum atomic E-state index is 13.4. The van der Waals surface area contributed by atoms with Gasteiger partial charge in [0.2, 0.25) is 0 Å². The molecule has 1 N–H and O–H groups in total. The third-order valence-corrected chi connectivity index (χ3v) is 3.66. The summed E-state index contributed by atoms with van der Waals surface area (Å²) in [6, 6.07) is 2.34. The molecule has 1 aromatic carbocycles. The minimum absolute atomic E-state index is 0. The van der Waals surface area contributed by atoms with Crippen molar-refractivity contribution in [2.45, 2.75) is 25.6 Å². The molecule has 0 aliphatic carbocycles. The minimum atomic E-state index is -4.45. The lowest BCUT2D eigenvalue weighted by Gasteiger charge is -2.35. The summed E-state index contributed by atoms with van der Waals surface area (Å²) in [6.07, 6.45) is -3.93. The fraction of sp³-hybridized carbons (Fsp3) is 0.571. The zero-order valence-corrected chi connectivity index (χ0v) is 13.8. The maximum absolute atomic E-state index is 13.4. The molecule has 0 spiro atoms. The van der Waals surface area contributed by atoms with Crippen molar-refractivity contribution in [3.05, 3.63) is 35.1 Å². The molecule has 1 aliphatic rings. The van der Waals surface area contributed by atoms with Crippen molar-refractivity contribution in [2.75, 3.05) is 26.2 Å². The maximum Gasteiger partial charge on any atom is 0.416 e. The van der Waals surface area contributed by atoms with Gasteiger partial charge in [-0.05, 0) is 30.2 Å². The Morgan fingerprint density at radius 1 is 1.18 bits per heavy atom. The zero-order valence-electron chi connectivity index (χ0n) is 12.1. The molecule has 0 bridgehead atoms. The second-order valence-electron chi connectivity index (χ2n) is 4.94. The summed E-state index contributed by atoms with van der Waals surface area (Å²) in [5, 5.41) is 3.16. The van der Waals surface area contributed by atoms with Crippen LogP contribution in [0, 0.1) is 5.82 Å². The predicted octanol–water partition coefficient (Wildman–Crippen LogP) is 4.04. The highest BCUT2D eigenvalue weighted by atomic mass is 35.5. The molecule has 2 rings (SSSR count). The summed E-state index contributed by atoms with van der Waals surface area (Å²) < 4.78 is 52.7. The van der Waals surface area contributed by atoms with Crippen molar-refractivity contribution in [1.82, 2.24) is 10.2 Å². The summed E-state index contributed by atoms with van der Waals surface area (Å²) >= 11 is 0. The van der Waals surface area contributed by atoms with Crippen molar-refractivity contribution < 1.29 is 17.6 Å². The molecule has 0 radical (unpaired) electrons. The number of benzene rings is 1. The number of rotatable bonds is 3. The second-order valence-corrected chi connectivity index (χ2v) is 4.94. The standard InChI is InChI=1S/C14H18F4N2.2ClH/c1-2-13(20-7-5-19-6-8-20)11-9-10(15)3-4-12(11)14(16,17)18;;/h3-4,9,13,19H,2,5-8H2,1H3;2*1H/t13-;;/m1../s1. The highest BCUT2D eigenvalue weighted by molar-refractivity contribution is 5.85. The van der Waals surface area contributed by atoms with Gasteiger partial charge in [-0.3, -0.25) is 4.90 Å². The second kappa shape index (κ2) is 8.91. The SMILES string of the molecule is CC[C@H](c1cc(F)ccc1C(F)(F)F)N1CCNCC1.Cl.Cl. The first-order valence-corrected chi connectivity index (χ1v) is 6.75. The molecule has 0 saturated carbocycles. The Kier molecular flexibility index (Phi) is 8.69. The van der Waals surface area contributed by atoms with Crippen LogP contribution < -0.4 is 5.32 Å². The van der Waals surface area contributed by atoms with Crippen LogP contribution in [0.3, 0.4) is 0 Å². The van der Waals surface area contributed by atoms with Crippen LogP contribution in [0.2, 0.25) is 0 Å². The van der Waals surface area contributed by atoms with Gasteiger partial charge in [0.05, 0.1) is 5.56 Å². The average Bonchev–Trinajstić information content (AvgIpc) is 2.39. The topological polar surface area (TPSA) is 15.3 Å². The zero-order chi connectivity index (χ0) is 14.8. The van der Waals surface area contributed by atoms with E-state index in [9.17, 15) is 17.6 Å². The smallest absolute Gasteiger partial charge is 0.314 e. The molecule has 1 aliphatic heterocycles. The summed E-state index contributed by atoms with van der Waals surface area (Å²) in [7, 11) is 0. The lowest BCUT2D eigenvalue weighted by molar-refractivity contribution is -0.138. The monoisotopic (exact) mass is 362 g/mol. The fourth-order valence-electron chi connectivity index (χ4n) is 2.74. The van der Waals surface area contributed by atoms with Gasteiger partial charge in [-0.1, -0.05) is 6.92 Å². The van der Waals surface area contributed by atoms with Gasteiger partial charge in [-0.15, -0.1) is 24.8 Å². The normalized spacial score (nSPS) is 17.3. The van der Waals surface area contributed by atoms with Crippen LogP contribution in [0.25, 0.3) is 0 Å². The molecule has 1 fully saturated rings. The van der Waals surface area contributed by atoms with Crippen LogP contribution in [0.15, 0.2) is 18.2 Å². The number of piperazine rings is 1. The summed E-state index contributed by atoms with van der Waals surface area (Å²) in [4.78, 5) is 1.99. The Hall–Kier alpha value is -0.560. The van der Waals surface area contributed by atoms with Crippen molar-refractivity contribution >= 4 is 24.8 Å². The van der Waals surface area contributed by atoms with Gasteiger partial charge in [-0.25, -0.2) is 4.39 Å². The quantitative estimate of drug-likeness (QED) is 0.816. The van der Waals surface area contributed by atoms with Crippen LogP contribution >= 0.6 is 24.8 Å². The fourth-order valence-corrected chi connectivity index (χ4v) is 2.74. The summed E-state index contributed by atoms with van der Waals surface area (Å²) in [5.74, 6) is -0.624.